The molecule has 1 atom stereocenters. The molecule has 0 fully saturated rings. The number of rotatable bonds is 4. The molecule has 0 saturated heterocycles. The van der Waals surface area contributed by atoms with E-state index in [2.05, 4.69) is 5.32 Å². The van der Waals surface area contributed by atoms with Gasteiger partial charge in [0.25, 0.3) is 5.91 Å². The summed E-state index contributed by atoms with van der Waals surface area (Å²) in [6, 6.07) is 12.2. The molecule has 0 spiro atoms. The number of carbonyl (C=O) groups excluding carboxylic acids is 2. The van der Waals surface area contributed by atoms with Crippen LogP contribution < -0.4 is 14.8 Å². The molecule has 1 heterocycles. The Bertz CT molecular complexity index is 785. The fraction of sp³-hybridized carbons (Fsp3) is 0.263. The van der Waals surface area contributed by atoms with E-state index in [0.29, 0.717) is 36.0 Å². The molecule has 130 valence electrons. The number of fused-ring (bicyclic) bond motifs is 1. The van der Waals surface area contributed by atoms with Crippen molar-refractivity contribution in [2.75, 3.05) is 18.5 Å². The molecule has 6 heteroatoms. The van der Waals surface area contributed by atoms with E-state index in [1.165, 1.54) is 6.92 Å². The average molecular weight is 341 g/mol. The van der Waals surface area contributed by atoms with Gasteiger partial charge in [-0.25, -0.2) is 4.79 Å². The maximum absolute atomic E-state index is 12.2. The van der Waals surface area contributed by atoms with Crippen LogP contribution in [0.15, 0.2) is 42.5 Å². The third kappa shape index (κ3) is 4.09. The van der Waals surface area contributed by atoms with Gasteiger partial charge in [-0.05, 0) is 44.2 Å². The number of ether oxygens (including phenoxy) is 3. The molecule has 3 rings (SSSR count). The zero-order chi connectivity index (χ0) is 17.8. The van der Waals surface area contributed by atoms with Crippen LogP contribution in [0, 0.1) is 6.92 Å². The van der Waals surface area contributed by atoms with E-state index >= 15 is 0 Å². The third-order valence-electron chi connectivity index (χ3n) is 3.75. The van der Waals surface area contributed by atoms with Crippen molar-refractivity contribution in [2.45, 2.75) is 20.0 Å². The Labute approximate surface area is 145 Å². The zero-order valence-electron chi connectivity index (χ0n) is 14.1. The highest BCUT2D eigenvalue weighted by Gasteiger charge is 2.21. The van der Waals surface area contributed by atoms with Crippen molar-refractivity contribution < 1.29 is 23.8 Å². The highest BCUT2D eigenvalue weighted by atomic mass is 16.6. The van der Waals surface area contributed by atoms with Gasteiger partial charge in [0.2, 0.25) is 0 Å². The molecule has 1 amide bonds. The SMILES string of the molecule is Cc1ccc(NC(=O)C(C)OC(=O)c2ccc3c(c2)OCCO3)cc1. The quantitative estimate of drug-likeness (QED) is 0.866. The summed E-state index contributed by atoms with van der Waals surface area (Å²) in [7, 11) is 0. The lowest BCUT2D eigenvalue weighted by Crippen LogP contribution is -2.30. The van der Waals surface area contributed by atoms with Crippen LogP contribution in [0.5, 0.6) is 11.5 Å². The molecule has 1 N–H and O–H groups in total. The number of hydrogen-bond donors (Lipinski definition) is 1. The summed E-state index contributed by atoms with van der Waals surface area (Å²) in [6.45, 7) is 4.40. The monoisotopic (exact) mass is 341 g/mol. The largest absolute Gasteiger partial charge is 0.486 e. The van der Waals surface area contributed by atoms with Gasteiger partial charge < -0.3 is 19.5 Å². The first-order valence-corrected chi connectivity index (χ1v) is 8.01. The lowest BCUT2D eigenvalue weighted by atomic mass is 10.2. The number of hydrogen-bond acceptors (Lipinski definition) is 5. The Balaban J connectivity index is 1.61. The van der Waals surface area contributed by atoms with Crippen LogP contribution in [0.1, 0.15) is 22.8 Å². The van der Waals surface area contributed by atoms with Gasteiger partial charge in [-0.15, -0.1) is 0 Å². The molecule has 0 radical (unpaired) electrons. The second-order valence-electron chi connectivity index (χ2n) is 5.76. The van der Waals surface area contributed by atoms with Crippen LogP contribution in [0.3, 0.4) is 0 Å². The fourth-order valence-electron chi connectivity index (χ4n) is 2.33. The number of benzene rings is 2. The number of nitrogens with one attached hydrogen (secondary N) is 1. The summed E-state index contributed by atoms with van der Waals surface area (Å²) in [5.74, 6) is 0.101. The van der Waals surface area contributed by atoms with Gasteiger partial charge in [-0.3, -0.25) is 4.79 Å². The Morgan fingerprint density at radius 2 is 1.72 bits per heavy atom. The summed E-state index contributed by atoms with van der Waals surface area (Å²) in [5, 5.41) is 2.71. The standard InChI is InChI=1S/C19H19NO5/c1-12-3-6-15(7-4-12)20-18(21)13(2)25-19(22)14-5-8-16-17(11-14)24-10-9-23-16/h3-8,11,13H,9-10H2,1-2H3,(H,20,21). The summed E-state index contributed by atoms with van der Waals surface area (Å²) in [6.07, 6.45) is -0.929. The van der Waals surface area contributed by atoms with E-state index in [1.54, 1.807) is 30.3 Å². The Hall–Kier alpha value is -3.02. The molecule has 6 nitrogen and oxygen atoms in total. The highest BCUT2D eigenvalue weighted by Crippen LogP contribution is 2.31. The average Bonchev–Trinajstić information content (AvgIpc) is 2.63. The predicted octanol–water partition coefficient (Wildman–Crippen LogP) is 2.95. The molecule has 1 aliphatic rings. The molecule has 2 aromatic carbocycles. The summed E-state index contributed by atoms with van der Waals surface area (Å²) < 4.78 is 16.1. The van der Waals surface area contributed by atoms with Crippen LogP contribution in [-0.4, -0.2) is 31.2 Å². The maximum atomic E-state index is 12.2. The molecule has 1 aliphatic heterocycles. The molecule has 0 aliphatic carbocycles. The maximum Gasteiger partial charge on any atom is 0.339 e. The number of esters is 1. The summed E-state index contributed by atoms with van der Waals surface area (Å²) >= 11 is 0. The van der Waals surface area contributed by atoms with E-state index in [1.807, 2.05) is 19.1 Å². The number of anilines is 1. The third-order valence-corrected chi connectivity index (χ3v) is 3.75. The zero-order valence-corrected chi connectivity index (χ0v) is 14.1. The van der Waals surface area contributed by atoms with Gasteiger partial charge in [0, 0.05) is 5.69 Å². The van der Waals surface area contributed by atoms with E-state index < -0.39 is 18.0 Å². The number of carbonyl (C=O) groups is 2. The van der Waals surface area contributed by atoms with Crippen molar-refractivity contribution in [3.8, 4) is 11.5 Å². The molecule has 1 unspecified atom stereocenters. The van der Waals surface area contributed by atoms with Gasteiger partial charge in [0.1, 0.15) is 13.2 Å². The van der Waals surface area contributed by atoms with Gasteiger partial charge in [0.15, 0.2) is 17.6 Å². The smallest absolute Gasteiger partial charge is 0.339 e. The van der Waals surface area contributed by atoms with Crippen molar-refractivity contribution in [1.29, 1.82) is 0 Å². The first-order chi connectivity index (χ1) is 12.0. The lowest BCUT2D eigenvalue weighted by molar-refractivity contribution is -0.123. The summed E-state index contributed by atoms with van der Waals surface area (Å²) in [5.41, 5.74) is 2.05. The molecule has 0 bridgehead atoms. The van der Waals surface area contributed by atoms with Gasteiger partial charge in [-0.1, -0.05) is 17.7 Å². The topological polar surface area (TPSA) is 73.9 Å². The molecular weight excluding hydrogens is 322 g/mol. The molecule has 25 heavy (non-hydrogen) atoms. The van der Waals surface area contributed by atoms with Crippen molar-refractivity contribution in [1.82, 2.24) is 0 Å². The Kier molecular flexibility index (Phi) is 4.88. The highest BCUT2D eigenvalue weighted by molar-refractivity contribution is 5.97. The van der Waals surface area contributed by atoms with Gasteiger partial charge >= 0.3 is 5.97 Å². The molecule has 0 saturated carbocycles. The van der Waals surface area contributed by atoms with Crippen molar-refractivity contribution >= 4 is 17.6 Å². The van der Waals surface area contributed by atoms with Crippen LogP contribution in [0.2, 0.25) is 0 Å². The first-order valence-electron chi connectivity index (χ1n) is 8.01. The molecule has 0 aromatic heterocycles. The minimum Gasteiger partial charge on any atom is -0.486 e. The van der Waals surface area contributed by atoms with E-state index in [9.17, 15) is 9.59 Å². The fourth-order valence-corrected chi connectivity index (χ4v) is 2.33. The Morgan fingerprint density at radius 1 is 1.04 bits per heavy atom. The lowest BCUT2D eigenvalue weighted by Gasteiger charge is -2.19. The second-order valence-corrected chi connectivity index (χ2v) is 5.76. The minimum atomic E-state index is -0.929. The molecule has 2 aromatic rings. The van der Waals surface area contributed by atoms with Gasteiger partial charge in [0.05, 0.1) is 5.56 Å². The van der Waals surface area contributed by atoms with Crippen LogP contribution in [0.4, 0.5) is 5.69 Å². The van der Waals surface area contributed by atoms with Crippen molar-refractivity contribution in [3.05, 3.63) is 53.6 Å². The van der Waals surface area contributed by atoms with Crippen molar-refractivity contribution in [2.24, 2.45) is 0 Å². The van der Waals surface area contributed by atoms with E-state index in [0.717, 1.165) is 5.56 Å². The number of amides is 1. The summed E-state index contributed by atoms with van der Waals surface area (Å²) in [4.78, 5) is 24.4. The van der Waals surface area contributed by atoms with E-state index in [4.69, 9.17) is 14.2 Å². The minimum absolute atomic E-state index is 0.305. The molecular formula is C19H19NO5. The Morgan fingerprint density at radius 3 is 2.44 bits per heavy atom. The van der Waals surface area contributed by atoms with Crippen LogP contribution in [0.25, 0.3) is 0 Å². The van der Waals surface area contributed by atoms with Crippen LogP contribution in [-0.2, 0) is 9.53 Å². The second kappa shape index (κ2) is 7.25. The number of aryl methyl sites for hydroxylation is 1. The normalized spacial score (nSPS) is 13.7. The van der Waals surface area contributed by atoms with Crippen molar-refractivity contribution in [3.63, 3.8) is 0 Å². The van der Waals surface area contributed by atoms with E-state index in [-0.39, 0.29) is 0 Å². The van der Waals surface area contributed by atoms with Crippen LogP contribution >= 0.6 is 0 Å². The van der Waals surface area contributed by atoms with Gasteiger partial charge in [-0.2, -0.15) is 0 Å². The first kappa shape index (κ1) is 16.8. The predicted molar refractivity (Wildman–Crippen MR) is 92.1 cm³/mol.